The summed E-state index contributed by atoms with van der Waals surface area (Å²) in [5.74, 6) is -1.93. The number of carbonyl (C=O) groups is 4. The Kier molecular flexibility index (Phi) is 5.63. The molecule has 1 atom stereocenters. The maximum absolute atomic E-state index is 12.7. The zero-order valence-corrected chi connectivity index (χ0v) is 16.1. The van der Waals surface area contributed by atoms with Crippen LogP contribution in [0.2, 0.25) is 0 Å². The molecule has 2 N–H and O–H groups in total. The number of aryl methyl sites for hydroxylation is 1. The highest BCUT2D eigenvalue weighted by Gasteiger charge is 2.49. The number of anilines is 1. The highest BCUT2D eigenvalue weighted by molar-refractivity contribution is 6.09. The molecule has 0 radical (unpaired) electrons. The first kappa shape index (κ1) is 20.1. The highest BCUT2D eigenvalue weighted by atomic mass is 16.5. The summed E-state index contributed by atoms with van der Waals surface area (Å²) in [6, 6.07) is 15.2. The smallest absolute Gasteiger partial charge is 0.326 e. The topological polar surface area (TPSA) is 105 Å². The molecule has 0 spiro atoms. The first-order chi connectivity index (χ1) is 13.8. The number of ether oxygens (including phenoxy) is 1. The fourth-order valence-corrected chi connectivity index (χ4v) is 3.03. The summed E-state index contributed by atoms with van der Waals surface area (Å²) in [5.41, 5.74) is 0.820. The van der Waals surface area contributed by atoms with Crippen molar-refractivity contribution in [3.8, 4) is 0 Å². The lowest BCUT2D eigenvalue weighted by molar-refractivity contribution is -0.150. The molecule has 4 amide bonds. The van der Waals surface area contributed by atoms with E-state index in [0.29, 0.717) is 11.3 Å². The molecule has 0 aliphatic carbocycles. The van der Waals surface area contributed by atoms with Gasteiger partial charge in [0.25, 0.3) is 11.8 Å². The van der Waals surface area contributed by atoms with Crippen LogP contribution in [0.4, 0.5) is 10.5 Å². The Balaban J connectivity index is 1.56. The SMILES string of the molecule is Cc1ccccc1NC(=O)COC(=O)CN1C(=O)N[C@](C)(c2ccccc2)C1=O. The van der Waals surface area contributed by atoms with Crippen LogP contribution in [0.25, 0.3) is 0 Å². The van der Waals surface area contributed by atoms with E-state index in [0.717, 1.165) is 10.5 Å². The maximum atomic E-state index is 12.7. The third-order valence-corrected chi connectivity index (χ3v) is 4.70. The lowest BCUT2D eigenvalue weighted by Gasteiger charge is -2.21. The van der Waals surface area contributed by atoms with Crippen LogP contribution in [-0.2, 0) is 24.7 Å². The fourth-order valence-electron chi connectivity index (χ4n) is 3.03. The average Bonchev–Trinajstić information content (AvgIpc) is 2.93. The molecule has 1 aliphatic heterocycles. The van der Waals surface area contributed by atoms with Crippen molar-refractivity contribution in [1.29, 1.82) is 0 Å². The minimum absolute atomic E-state index is 0.515. The highest BCUT2D eigenvalue weighted by Crippen LogP contribution is 2.28. The first-order valence-electron chi connectivity index (χ1n) is 9.02. The minimum Gasteiger partial charge on any atom is -0.454 e. The van der Waals surface area contributed by atoms with Gasteiger partial charge in [0, 0.05) is 5.69 Å². The van der Waals surface area contributed by atoms with Crippen LogP contribution in [0.5, 0.6) is 0 Å². The molecule has 0 saturated carbocycles. The van der Waals surface area contributed by atoms with Crippen molar-refractivity contribution >= 4 is 29.5 Å². The van der Waals surface area contributed by atoms with Crippen LogP contribution >= 0.6 is 0 Å². The number of carbonyl (C=O) groups excluding carboxylic acids is 4. The monoisotopic (exact) mass is 395 g/mol. The molecule has 8 nitrogen and oxygen atoms in total. The summed E-state index contributed by atoms with van der Waals surface area (Å²) in [6.45, 7) is 2.31. The van der Waals surface area contributed by atoms with E-state index in [-0.39, 0.29) is 0 Å². The van der Waals surface area contributed by atoms with Gasteiger partial charge in [-0.1, -0.05) is 48.5 Å². The molecule has 2 aromatic rings. The molecule has 1 aliphatic rings. The van der Waals surface area contributed by atoms with Gasteiger partial charge in [-0.25, -0.2) is 4.79 Å². The Morgan fingerprint density at radius 1 is 1.07 bits per heavy atom. The number of nitrogens with one attached hydrogen (secondary N) is 2. The summed E-state index contributed by atoms with van der Waals surface area (Å²) < 4.78 is 4.92. The summed E-state index contributed by atoms with van der Waals surface area (Å²) in [6.07, 6.45) is 0. The third kappa shape index (κ3) is 4.26. The molecule has 3 rings (SSSR count). The number of hydrogen-bond acceptors (Lipinski definition) is 5. The number of amides is 4. The van der Waals surface area contributed by atoms with E-state index >= 15 is 0 Å². The molecule has 1 heterocycles. The zero-order chi connectivity index (χ0) is 21.0. The second-order valence-electron chi connectivity index (χ2n) is 6.84. The van der Waals surface area contributed by atoms with Crippen molar-refractivity contribution in [1.82, 2.24) is 10.2 Å². The Morgan fingerprint density at radius 2 is 1.72 bits per heavy atom. The number of nitrogens with zero attached hydrogens (tertiary/aromatic N) is 1. The fraction of sp³-hybridized carbons (Fsp3) is 0.238. The standard InChI is InChI=1S/C21H21N3O5/c1-14-8-6-7-11-16(14)22-17(25)13-29-18(26)12-24-19(27)21(2,23-20(24)28)15-9-4-3-5-10-15/h3-11H,12-13H2,1-2H3,(H,22,25)(H,23,28)/t21-/m1/s1. The Bertz CT molecular complexity index is 960. The molecule has 150 valence electrons. The molecule has 29 heavy (non-hydrogen) atoms. The Morgan fingerprint density at radius 3 is 2.41 bits per heavy atom. The molecular weight excluding hydrogens is 374 g/mol. The van der Waals surface area contributed by atoms with Gasteiger partial charge in [0.1, 0.15) is 12.1 Å². The molecule has 0 bridgehead atoms. The number of imide groups is 1. The van der Waals surface area contributed by atoms with Gasteiger partial charge in [0.15, 0.2) is 6.61 Å². The maximum Gasteiger partial charge on any atom is 0.326 e. The summed E-state index contributed by atoms with van der Waals surface area (Å²) >= 11 is 0. The summed E-state index contributed by atoms with van der Waals surface area (Å²) in [5, 5.41) is 5.24. The third-order valence-electron chi connectivity index (χ3n) is 4.70. The van der Waals surface area contributed by atoms with Crippen LogP contribution in [0, 0.1) is 6.92 Å². The number of para-hydroxylation sites is 1. The van der Waals surface area contributed by atoms with Gasteiger partial charge < -0.3 is 15.4 Å². The van der Waals surface area contributed by atoms with Gasteiger partial charge in [-0.2, -0.15) is 0 Å². The number of hydrogen-bond donors (Lipinski definition) is 2. The van der Waals surface area contributed by atoms with Gasteiger partial charge in [-0.15, -0.1) is 0 Å². The van der Waals surface area contributed by atoms with Gasteiger partial charge in [0.05, 0.1) is 0 Å². The van der Waals surface area contributed by atoms with Crippen molar-refractivity contribution < 1.29 is 23.9 Å². The Hall–Kier alpha value is -3.68. The number of rotatable bonds is 6. The van der Waals surface area contributed by atoms with Crippen molar-refractivity contribution in [2.45, 2.75) is 19.4 Å². The van der Waals surface area contributed by atoms with Crippen molar-refractivity contribution in [2.24, 2.45) is 0 Å². The molecule has 0 aromatic heterocycles. The van der Waals surface area contributed by atoms with E-state index in [1.54, 1.807) is 49.4 Å². The average molecular weight is 395 g/mol. The zero-order valence-electron chi connectivity index (χ0n) is 16.1. The van der Waals surface area contributed by atoms with Crippen LogP contribution in [-0.4, -0.2) is 41.9 Å². The minimum atomic E-state index is -1.26. The van der Waals surface area contributed by atoms with E-state index in [1.165, 1.54) is 0 Å². The normalized spacial score (nSPS) is 18.3. The van der Waals surface area contributed by atoms with Gasteiger partial charge in [0.2, 0.25) is 0 Å². The molecule has 8 heteroatoms. The molecule has 2 aromatic carbocycles. The predicted octanol–water partition coefficient (Wildman–Crippen LogP) is 1.94. The first-order valence-corrected chi connectivity index (χ1v) is 9.02. The summed E-state index contributed by atoms with van der Waals surface area (Å²) in [4.78, 5) is 49.8. The van der Waals surface area contributed by atoms with Gasteiger partial charge in [-0.05, 0) is 31.0 Å². The molecule has 1 saturated heterocycles. The lowest BCUT2D eigenvalue weighted by Crippen LogP contribution is -2.41. The van der Waals surface area contributed by atoms with Crippen molar-refractivity contribution in [3.05, 3.63) is 65.7 Å². The second-order valence-corrected chi connectivity index (χ2v) is 6.84. The van der Waals surface area contributed by atoms with Gasteiger partial charge in [-0.3, -0.25) is 19.3 Å². The van der Waals surface area contributed by atoms with Crippen LogP contribution in [0.1, 0.15) is 18.1 Å². The predicted molar refractivity (Wildman–Crippen MR) is 105 cm³/mol. The Labute approximate surface area is 167 Å². The number of benzene rings is 2. The lowest BCUT2D eigenvalue weighted by atomic mass is 9.92. The number of esters is 1. The van der Waals surface area contributed by atoms with Crippen molar-refractivity contribution in [2.75, 3.05) is 18.5 Å². The van der Waals surface area contributed by atoms with E-state index in [2.05, 4.69) is 10.6 Å². The quantitative estimate of drug-likeness (QED) is 0.575. The van der Waals surface area contributed by atoms with Crippen molar-refractivity contribution in [3.63, 3.8) is 0 Å². The van der Waals surface area contributed by atoms with Crippen LogP contribution < -0.4 is 10.6 Å². The van der Waals surface area contributed by atoms with E-state index in [4.69, 9.17) is 4.74 Å². The molecular formula is C21H21N3O5. The van der Waals surface area contributed by atoms with Crippen LogP contribution in [0.15, 0.2) is 54.6 Å². The van der Waals surface area contributed by atoms with E-state index < -0.39 is 42.5 Å². The second kappa shape index (κ2) is 8.14. The molecule has 1 fully saturated rings. The van der Waals surface area contributed by atoms with Crippen LogP contribution in [0.3, 0.4) is 0 Å². The van der Waals surface area contributed by atoms with E-state index in [9.17, 15) is 19.2 Å². The molecule has 0 unspecified atom stereocenters. The largest absolute Gasteiger partial charge is 0.454 e. The number of urea groups is 1. The van der Waals surface area contributed by atoms with Gasteiger partial charge >= 0.3 is 12.0 Å². The van der Waals surface area contributed by atoms with E-state index in [1.807, 2.05) is 19.1 Å². The summed E-state index contributed by atoms with van der Waals surface area (Å²) in [7, 11) is 0.